The number of aromatic nitrogens is 3. The lowest BCUT2D eigenvalue weighted by atomic mass is 9.82. The zero-order chi connectivity index (χ0) is 24.7. The molecule has 0 radical (unpaired) electrons. The van der Waals surface area contributed by atoms with E-state index in [9.17, 15) is 9.90 Å². The van der Waals surface area contributed by atoms with E-state index >= 15 is 0 Å². The summed E-state index contributed by atoms with van der Waals surface area (Å²) < 4.78 is 5.44. The van der Waals surface area contributed by atoms with Crippen LogP contribution in [-0.4, -0.2) is 33.1 Å². The van der Waals surface area contributed by atoms with E-state index in [1.807, 2.05) is 45.0 Å². The van der Waals surface area contributed by atoms with Crippen molar-refractivity contribution < 1.29 is 14.6 Å². The Hall–Kier alpha value is -2.60. The van der Waals surface area contributed by atoms with Crippen LogP contribution in [0.1, 0.15) is 83.8 Å². The smallest absolute Gasteiger partial charge is 0.306 e. The maximum atomic E-state index is 12.3. The second-order valence-corrected chi connectivity index (χ2v) is 10.3. The minimum absolute atomic E-state index is 0.187. The quantitative estimate of drug-likeness (QED) is 0.223. The van der Waals surface area contributed by atoms with E-state index in [0.29, 0.717) is 46.6 Å². The molecule has 0 aliphatic heterocycles. The van der Waals surface area contributed by atoms with Gasteiger partial charge in [0.2, 0.25) is 0 Å². The van der Waals surface area contributed by atoms with Crippen LogP contribution in [0.3, 0.4) is 0 Å². The number of phenols is 1. The summed E-state index contributed by atoms with van der Waals surface area (Å²) >= 11 is 6.64. The standard InChI is InChI=1S/C27H36ClN3O3/c1-5-6-7-8-9-10-15-34-23(32)14-11-18-16-20(26(33)21(17-18)27(2,3)4)19-12-13-22-25(24(19)28)30-31-29-22/h12-13,16-17,33H,5-11,14-15H2,1-4H3,(H,29,30,31). The number of ether oxygens (including phenoxy) is 1. The Morgan fingerprint density at radius 1 is 1.06 bits per heavy atom. The Balaban J connectivity index is 1.74. The monoisotopic (exact) mass is 485 g/mol. The number of nitrogens with one attached hydrogen (secondary N) is 1. The predicted octanol–water partition coefficient (Wildman–Crippen LogP) is 7.12. The van der Waals surface area contributed by atoms with Gasteiger partial charge in [-0.3, -0.25) is 4.79 Å². The fraction of sp³-hybridized carbons (Fsp3) is 0.519. The number of benzene rings is 2. The third-order valence-corrected chi connectivity index (χ3v) is 6.46. The van der Waals surface area contributed by atoms with Crippen LogP contribution in [0.2, 0.25) is 5.02 Å². The topological polar surface area (TPSA) is 88.1 Å². The van der Waals surface area contributed by atoms with Crippen LogP contribution in [0, 0.1) is 0 Å². The average molecular weight is 486 g/mol. The second-order valence-electron chi connectivity index (χ2n) is 9.90. The normalized spacial score (nSPS) is 11.8. The van der Waals surface area contributed by atoms with Crippen molar-refractivity contribution in [2.75, 3.05) is 6.61 Å². The van der Waals surface area contributed by atoms with Gasteiger partial charge in [0.05, 0.1) is 11.6 Å². The minimum atomic E-state index is -0.294. The molecular weight excluding hydrogens is 450 g/mol. The molecule has 34 heavy (non-hydrogen) atoms. The third kappa shape index (κ3) is 6.50. The Bertz CT molecular complexity index is 1120. The van der Waals surface area contributed by atoms with E-state index in [-0.39, 0.29) is 17.1 Å². The molecule has 0 aliphatic carbocycles. The number of aryl methyl sites for hydroxylation is 1. The lowest BCUT2D eigenvalue weighted by Crippen LogP contribution is -2.13. The number of hydrogen-bond acceptors (Lipinski definition) is 5. The van der Waals surface area contributed by atoms with Crippen molar-refractivity contribution >= 4 is 28.6 Å². The first kappa shape index (κ1) is 26.0. The number of rotatable bonds is 11. The van der Waals surface area contributed by atoms with Gasteiger partial charge in [-0.2, -0.15) is 15.4 Å². The second kappa shape index (κ2) is 11.7. The van der Waals surface area contributed by atoms with Crippen molar-refractivity contribution in [2.45, 2.75) is 84.5 Å². The third-order valence-electron chi connectivity index (χ3n) is 6.07. The molecule has 0 bridgehead atoms. The number of unbranched alkanes of at least 4 members (excludes halogenated alkanes) is 5. The maximum Gasteiger partial charge on any atom is 0.306 e. The lowest BCUT2D eigenvalue weighted by molar-refractivity contribution is -0.143. The van der Waals surface area contributed by atoms with E-state index in [4.69, 9.17) is 16.3 Å². The van der Waals surface area contributed by atoms with Crippen LogP contribution < -0.4 is 0 Å². The maximum absolute atomic E-state index is 12.3. The van der Waals surface area contributed by atoms with Crippen LogP contribution in [0.5, 0.6) is 5.75 Å². The van der Waals surface area contributed by atoms with Crippen LogP contribution >= 0.6 is 11.6 Å². The number of carbonyl (C=O) groups excluding carboxylic acids is 1. The summed E-state index contributed by atoms with van der Waals surface area (Å²) in [6.07, 6.45) is 7.76. The van der Waals surface area contributed by atoms with Gasteiger partial charge in [0.15, 0.2) is 0 Å². The molecule has 6 nitrogen and oxygen atoms in total. The summed E-state index contributed by atoms with van der Waals surface area (Å²) in [5.74, 6) is -0.00538. The van der Waals surface area contributed by atoms with E-state index in [0.717, 1.165) is 24.0 Å². The molecule has 0 saturated heterocycles. The van der Waals surface area contributed by atoms with Gasteiger partial charge < -0.3 is 9.84 Å². The fourth-order valence-electron chi connectivity index (χ4n) is 4.09. The first-order valence-corrected chi connectivity index (χ1v) is 12.6. The van der Waals surface area contributed by atoms with Gasteiger partial charge >= 0.3 is 5.97 Å². The molecule has 0 saturated carbocycles. The van der Waals surface area contributed by atoms with Gasteiger partial charge in [0.25, 0.3) is 0 Å². The number of fused-ring (bicyclic) bond motifs is 1. The summed E-state index contributed by atoms with van der Waals surface area (Å²) in [6, 6.07) is 7.54. The molecule has 2 aromatic carbocycles. The number of carbonyl (C=O) groups is 1. The molecule has 0 unspecified atom stereocenters. The Morgan fingerprint density at radius 3 is 2.53 bits per heavy atom. The van der Waals surface area contributed by atoms with Gasteiger partial charge in [-0.25, -0.2) is 0 Å². The molecule has 0 spiro atoms. The number of phenolic OH excluding ortho intramolecular Hbond substituents is 1. The molecule has 3 aromatic rings. The van der Waals surface area contributed by atoms with Gasteiger partial charge in [-0.05, 0) is 36.0 Å². The summed E-state index contributed by atoms with van der Waals surface area (Å²) in [5.41, 5.74) is 3.98. The summed E-state index contributed by atoms with van der Waals surface area (Å²) in [4.78, 5) is 12.3. The van der Waals surface area contributed by atoms with Gasteiger partial charge in [0, 0.05) is 23.1 Å². The molecule has 0 atom stereocenters. The first-order valence-electron chi connectivity index (χ1n) is 12.2. The van der Waals surface area contributed by atoms with Gasteiger partial charge in [-0.1, -0.05) is 83.5 Å². The number of aromatic amines is 1. The van der Waals surface area contributed by atoms with Crippen LogP contribution in [0.15, 0.2) is 24.3 Å². The molecule has 3 rings (SSSR count). The van der Waals surface area contributed by atoms with Gasteiger partial charge in [0.1, 0.15) is 16.8 Å². The molecule has 0 amide bonds. The molecule has 0 fully saturated rings. The van der Waals surface area contributed by atoms with E-state index < -0.39 is 0 Å². The number of halogens is 1. The highest BCUT2D eigenvalue weighted by atomic mass is 35.5. The van der Waals surface area contributed by atoms with Crippen molar-refractivity contribution in [1.82, 2.24) is 15.4 Å². The Labute approximate surface area is 207 Å². The lowest BCUT2D eigenvalue weighted by Gasteiger charge is -2.24. The van der Waals surface area contributed by atoms with Gasteiger partial charge in [-0.15, -0.1) is 0 Å². The summed E-state index contributed by atoms with van der Waals surface area (Å²) in [6.45, 7) is 8.83. The first-order chi connectivity index (χ1) is 16.2. The predicted molar refractivity (Wildman–Crippen MR) is 137 cm³/mol. The van der Waals surface area contributed by atoms with Crippen molar-refractivity contribution in [1.29, 1.82) is 0 Å². The summed E-state index contributed by atoms with van der Waals surface area (Å²) in [7, 11) is 0. The molecule has 2 N–H and O–H groups in total. The van der Waals surface area contributed by atoms with E-state index in [1.165, 1.54) is 25.7 Å². The number of aromatic hydroxyl groups is 1. The van der Waals surface area contributed by atoms with E-state index in [1.54, 1.807) is 0 Å². The SMILES string of the molecule is CCCCCCCCOC(=O)CCc1cc(-c2ccc3n[nH]nc3c2Cl)c(O)c(C(C)(C)C)c1. The number of esters is 1. The van der Waals surface area contributed by atoms with Crippen molar-refractivity contribution in [3.63, 3.8) is 0 Å². The molecule has 1 heterocycles. The fourth-order valence-corrected chi connectivity index (χ4v) is 4.39. The van der Waals surface area contributed by atoms with Crippen molar-refractivity contribution in [2.24, 2.45) is 0 Å². The van der Waals surface area contributed by atoms with Crippen LogP contribution in [0.4, 0.5) is 0 Å². The molecule has 1 aromatic heterocycles. The van der Waals surface area contributed by atoms with Crippen LogP contribution in [0.25, 0.3) is 22.2 Å². The van der Waals surface area contributed by atoms with Crippen molar-refractivity contribution in [3.8, 4) is 16.9 Å². The zero-order valence-electron chi connectivity index (χ0n) is 20.7. The number of nitrogens with zero attached hydrogens (tertiary/aromatic N) is 2. The average Bonchev–Trinajstić information content (AvgIpc) is 3.27. The molecular formula is C27H36ClN3O3. The molecule has 7 heteroatoms. The largest absolute Gasteiger partial charge is 0.507 e. The molecule has 0 aliphatic rings. The minimum Gasteiger partial charge on any atom is -0.507 e. The Kier molecular flexibility index (Phi) is 8.95. The zero-order valence-corrected chi connectivity index (χ0v) is 21.5. The molecule has 184 valence electrons. The number of H-pyrrole nitrogens is 1. The van der Waals surface area contributed by atoms with E-state index in [2.05, 4.69) is 22.3 Å². The Morgan fingerprint density at radius 2 is 1.79 bits per heavy atom. The highest BCUT2D eigenvalue weighted by Crippen LogP contribution is 2.43. The summed E-state index contributed by atoms with van der Waals surface area (Å²) in [5, 5.41) is 22.4. The highest BCUT2D eigenvalue weighted by Gasteiger charge is 2.24. The number of hydrogen-bond donors (Lipinski definition) is 2. The van der Waals surface area contributed by atoms with Crippen LogP contribution in [-0.2, 0) is 21.4 Å². The van der Waals surface area contributed by atoms with Crippen molar-refractivity contribution in [3.05, 3.63) is 40.4 Å². The highest BCUT2D eigenvalue weighted by molar-refractivity contribution is 6.37.